The number of hydrogen-bond acceptors (Lipinski definition) is 7. The van der Waals surface area contributed by atoms with Gasteiger partial charge in [0, 0.05) is 52.9 Å². The first-order valence-electron chi connectivity index (χ1n) is 11.8. The third-order valence-electron chi connectivity index (χ3n) is 6.48. The molecule has 34 heavy (non-hydrogen) atoms. The Kier molecular flexibility index (Phi) is 10.8. The molecule has 0 unspecified atom stereocenters. The van der Waals surface area contributed by atoms with Gasteiger partial charge in [0.15, 0.2) is 0 Å². The highest BCUT2D eigenvalue weighted by Gasteiger charge is 2.27. The fourth-order valence-corrected chi connectivity index (χ4v) is 5.80. The van der Waals surface area contributed by atoms with E-state index < -0.39 is 10.0 Å². The second-order valence-corrected chi connectivity index (χ2v) is 11.3. The van der Waals surface area contributed by atoms with E-state index in [2.05, 4.69) is 23.9 Å². The van der Waals surface area contributed by atoms with Gasteiger partial charge in [-0.3, -0.25) is 4.79 Å². The van der Waals surface area contributed by atoms with Crippen LogP contribution in [0.5, 0.6) is 5.75 Å². The van der Waals surface area contributed by atoms with Crippen molar-refractivity contribution in [1.29, 1.82) is 0 Å². The van der Waals surface area contributed by atoms with Crippen LogP contribution in [0.4, 0.5) is 0 Å². The highest BCUT2D eigenvalue weighted by atomic mass is 32.2. The average molecular weight is 499 g/mol. The maximum absolute atomic E-state index is 13.1. The van der Waals surface area contributed by atoms with Crippen LogP contribution in [0.15, 0.2) is 17.0 Å². The van der Waals surface area contributed by atoms with E-state index in [1.54, 1.807) is 38.0 Å². The van der Waals surface area contributed by atoms with E-state index in [0.717, 1.165) is 39.0 Å². The Hall–Kier alpha value is -1.72. The summed E-state index contributed by atoms with van der Waals surface area (Å²) in [5.74, 6) is 0.556. The molecule has 0 N–H and O–H groups in total. The van der Waals surface area contributed by atoms with Crippen molar-refractivity contribution in [2.45, 2.75) is 37.6 Å². The predicted molar refractivity (Wildman–Crippen MR) is 134 cm³/mol. The Morgan fingerprint density at radius 2 is 1.65 bits per heavy atom. The van der Waals surface area contributed by atoms with E-state index in [-0.39, 0.29) is 36.6 Å². The van der Waals surface area contributed by atoms with Gasteiger partial charge in [0.25, 0.3) is 0 Å². The number of ether oxygens (including phenoxy) is 2. The molecular weight excluding hydrogens is 456 g/mol. The van der Waals surface area contributed by atoms with Gasteiger partial charge in [0.05, 0.1) is 18.6 Å². The lowest BCUT2D eigenvalue weighted by molar-refractivity contribution is -0.137. The Balaban J connectivity index is 1.79. The summed E-state index contributed by atoms with van der Waals surface area (Å²) in [5.41, 5.74) is 1.27. The van der Waals surface area contributed by atoms with E-state index >= 15 is 0 Å². The van der Waals surface area contributed by atoms with Crippen molar-refractivity contribution in [2.75, 3.05) is 81.2 Å². The summed E-state index contributed by atoms with van der Waals surface area (Å²) < 4.78 is 38.2. The van der Waals surface area contributed by atoms with Crippen molar-refractivity contribution < 1.29 is 22.7 Å². The number of nitrogens with zero attached hydrogens (tertiary/aromatic N) is 4. The molecule has 1 aliphatic heterocycles. The summed E-state index contributed by atoms with van der Waals surface area (Å²) in [6.45, 7) is 7.84. The lowest BCUT2D eigenvalue weighted by Gasteiger charge is -2.37. The fourth-order valence-electron chi connectivity index (χ4n) is 4.24. The molecule has 9 nitrogen and oxygen atoms in total. The molecule has 1 fully saturated rings. The second kappa shape index (κ2) is 12.8. The number of likely N-dealkylation sites (N-methyl/N-ethyl adjacent to an activating group) is 3. The average Bonchev–Trinajstić information content (AvgIpc) is 2.79. The van der Waals surface area contributed by atoms with Crippen molar-refractivity contribution >= 4 is 15.9 Å². The van der Waals surface area contributed by atoms with Gasteiger partial charge >= 0.3 is 0 Å². The first-order chi connectivity index (χ1) is 16.0. The quantitative estimate of drug-likeness (QED) is 0.403. The fraction of sp³-hybridized carbons (Fsp3) is 0.708. The van der Waals surface area contributed by atoms with Crippen LogP contribution in [0.2, 0.25) is 0 Å². The van der Waals surface area contributed by atoms with E-state index in [9.17, 15) is 13.2 Å². The van der Waals surface area contributed by atoms with Gasteiger partial charge in [-0.25, -0.2) is 8.42 Å². The van der Waals surface area contributed by atoms with Gasteiger partial charge in [0.1, 0.15) is 12.4 Å². The number of rotatable bonds is 12. The van der Waals surface area contributed by atoms with E-state index in [1.165, 1.54) is 11.4 Å². The minimum Gasteiger partial charge on any atom is -0.497 e. The standard InChI is InChI=1S/C24H42N4O5S/c1-19-16-22(32-7)17-20(2)24(19)34(30,31)26(5)14-15-33-18-23(29)27(6)21-8-10-28(11-9-21)13-12-25(3)4/h16-17,21H,8-15,18H2,1-7H3. The van der Waals surface area contributed by atoms with Crippen LogP contribution in [0.3, 0.4) is 0 Å². The third-order valence-corrected chi connectivity index (χ3v) is 8.64. The lowest BCUT2D eigenvalue weighted by Crippen LogP contribution is -2.47. The Bertz CT molecular complexity index is 891. The number of sulfonamides is 1. The molecule has 1 aromatic carbocycles. The Morgan fingerprint density at radius 3 is 2.18 bits per heavy atom. The number of hydrogen-bond donors (Lipinski definition) is 0. The normalized spacial score (nSPS) is 15.8. The topological polar surface area (TPSA) is 82.6 Å². The predicted octanol–water partition coefficient (Wildman–Crippen LogP) is 1.43. The largest absolute Gasteiger partial charge is 0.497 e. The maximum Gasteiger partial charge on any atom is 0.248 e. The molecule has 0 radical (unpaired) electrons. The van der Waals surface area contributed by atoms with Crippen LogP contribution in [0.1, 0.15) is 24.0 Å². The van der Waals surface area contributed by atoms with E-state index in [4.69, 9.17) is 9.47 Å². The maximum atomic E-state index is 13.1. The molecule has 10 heteroatoms. The molecule has 1 saturated heterocycles. The molecule has 0 aliphatic carbocycles. The van der Waals surface area contributed by atoms with Crippen molar-refractivity contribution in [3.05, 3.63) is 23.3 Å². The molecule has 1 aliphatic rings. The monoisotopic (exact) mass is 498 g/mol. The summed E-state index contributed by atoms with van der Waals surface area (Å²) in [4.78, 5) is 19.3. The first-order valence-corrected chi connectivity index (χ1v) is 13.2. The summed E-state index contributed by atoms with van der Waals surface area (Å²) in [7, 11) is 5.39. The third kappa shape index (κ3) is 7.64. The molecule has 0 aromatic heterocycles. The molecule has 0 atom stereocenters. The van der Waals surface area contributed by atoms with Gasteiger partial charge in [-0.05, 0) is 64.0 Å². The van der Waals surface area contributed by atoms with Gasteiger partial charge in [-0.1, -0.05) is 0 Å². The molecule has 2 rings (SSSR count). The molecule has 0 saturated carbocycles. The lowest BCUT2D eigenvalue weighted by atomic mass is 10.0. The number of likely N-dealkylation sites (tertiary alicyclic amines) is 1. The second-order valence-electron chi connectivity index (χ2n) is 9.35. The SMILES string of the molecule is COc1cc(C)c(S(=O)(=O)N(C)CCOCC(=O)N(C)C2CCN(CCN(C)C)CC2)c(C)c1. The number of carbonyl (C=O) groups excluding carboxylic acids is 1. The van der Waals surface area contributed by atoms with Gasteiger partial charge in [-0.15, -0.1) is 0 Å². The molecule has 194 valence electrons. The van der Waals surface area contributed by atoms with Crippen LogP contribution < -0.4 is 4.74 Å². The van der Waals surface area contributed by atoms with Crippen molar-refractivity contribution in [1.82, 2.24) is 19.0 Å². The number of amides is 1. The van der Waals surface area contributed by atoms with Gasteiger partial charge in [-0.2, -0.15) is 4.31 Å². The number of piperidine rings is 1. The van der Waals surface area contributed by atoms with E-state index in [1.807, 2.05) is 7.05 Å². The molecule has 0 bridgehead atoms. The van der Waals surface area contributed by atoms with Crippen molar-refractivity contribution in [3.63, 3.8) is 0 Å². The van der Waals surface area contributed by atoms with Crippen molar-refractivity contribution in [2.24, 2.45) is 0 Å². The zero-order valence-electron chi connectivity index (χ0n) is 21.8. The Labute approximate surface area is 205 Å². The van der Waals surface area contributed by atoms with Gasteiger partial charge in [0.2, 0.25) is 15.9 Å². The van der Waals surface area contributed by atoms with Crippen LogP contribution >= 0.6 is 0 Å². The number of methoxy groups -OCH3 is 1. The minimum absolute atomic E-state index is 0.0498. The summed E-state index contributed by atoms with van der Waals surface area (Å²) in [6.07, 6.45) is 1.91. The minimum atomic E-state index is -3.68. The highest BCUT2D eigenvalue weighted by molar-refractivity contribution is 7.89. The molecule has 1 amide bonds. The smallest absolute Gasteiger partial charge is 0.248 e. The number of aryl methyl sites for hydroxylation is 2. The molecule has 0 spiro atoms. The van der Waals surface area contributed by atoms with Crippen LogP contribution in [0.25, 0.3) is 0 Å². The van der Waals surface area contributed by atoms with Crippen molar-refractivity contribution in [3.8, 4) is 5.75 Å². The van der Waals surface area contributed by atoms with E-state index in [0.29, 0.717) is 16.9 Å². The summed E-state index contributed by atoms with van der Waals surface area (Å²) >= 11 is 0. The van der Waals surface area contributed by atoms with Gasteiger partial charge < -0.3 is 24.2 Å². The zero-order valence-corrected chi connectivity index (χ0v) is 22.7. The summed E-state index contributed by atoms with van der Waals surface area (Å²) in [5, 5.41) is 0. The Morgan fingerprint density at radius 1 is 1.06 bits per heavy atom. The molecule has 1 aromatic rings. The number of carbonyl (C=O) groups is 1. The van der Waals surface area contributed by atoms with Crippen LogP contribution in [-0.2, 0) is 19.6 Å². The molecule has 1 heterocycles. The number of benzene rings is 1. The van der Waals surface area contributed by atoms with Crippen LogP contribution in [0, 0.1) is 13.8 Å². The first kappa shape index (κ1) is 28.5. The zero-order chi connectivity index (χ0) is 25.5. The summed E-state index contributed by atoms with van der Waals surface area (Å²) in [6, 6.07) is 3.65. The molecular formula is C24H42N4O5S. The van der Waals surface area contributed by atoms with Crippen LogP contribution in [-0.4, -0.2) is 121 Å². The highest BCUT2D eigenvalue weighted by Crippen LogP contribution is 2.27.